The van der Waals surface area contributed by atoms with Crippen LogP contribution in [0.5, 0.6) is 0 Å². The Kier molecular flexibility index (Phi) is 23.2. The Balaban J connectivity index is 0.000000536. The van der Waals surface area contributed by atoms with Gasteiger partial charge >= 0.3 is 0 Å². The average molecular weight is 1280 g/mol. The Bertz CT molecular complexity index is 2660. The summed E-state index contributed by atoms with van der Waals surface area (Å²) >= 11 is 0. The molecular weight excluding hydrogens is 1150 g/mol. The first kappa shape index (κ1) is 74.7. The number of rotatable bonds is 23. The highest BCUT2D eigenvalue weighted by Gasteiger charge is 2.45. The van der Waals surface area contributed by atoms with Gasteiger partial charge in [0.25, 0.3) is 0 Å². The molecule has 5 aliphatic rings. The zero-order chi connectivity index (χ0) is 68.4. The van der Waals surface area contributed by atoms with Crippen molar-refractivity contribution >= 4 is 41.6 Å². The molecule has 8 heterocycles. The maximum atomic E-state index is 5.19. The molecule has 0 bridgehead atoms. The Morgan fingerprint density at radius 3 is 0.891 bits per heavy atom. The molecule has 23 heteroatoms. The second-order valence-electron chi connectivity index (χ2n) is 35.3. The fourth-order valence-corrected chi connectivity index (χ4v) is 17.0. The van der Waals surface area contributed by atoms with Crippen LogP contribution < -0.4 is 67.0 Å². The minimum atomic E-state index is 0.00552. The minimum Gasteiger partial charge on any atom is -0.354 e. The monoisotopic (exact) mass is 1280 g/mol. The molecule has 0 amide bonds. The normalized spacial score (nSPS) is 23.2. The number of nitrogens with zero attached hydrogens (tertiary/aromatic N) is 15. The molecule has 5 fully saturated rings. The lowest BCUT2D eigenvalue weighted by Gasteiger charge is -2.49. The third kappa shape index (κ3) is 21.9. The first-order valence-electron chi connectivity index (χ1n) is 34.9. The predicted octanol–water partition coefficient (Wildman–Crippen LogP) is 8.79. The standard InChI is InChI=1S/C55H106N18.C14H25N5/c1-48(2)30-38(31-49(3,4)65-48)70(18)44-59-42(60-45(63-44)71(19)39-32-50(5,6)66-51(7,8)33-39)57-25-22-24-56-27-29-69(17)28-23-26-58-43-61-46(72(20)40-34-52(9,10)67-53(11,12)35-40)64-47(62-43)73(21)41-36-54(13,14)68-55(15,16)37-41;1-10-15-9-16-12(17-10)19(6)11-7-13(2,3)18-14(4,5)8-11/h38-41,56,65-68H,22-37H2,1-21H3,(H,57,59,60,63)(H,58,61,62,64);9,11,18H,7-8H2,1-6H3. The van der Waals surface area contributed by atoms with Crippen molar-refractivity contribution < 1.29 is 0 Å². The number of aryl methyl sites for hydroxylation is 1. The smallest absolute Gasteiger partial charge is 0.231 e. The Morgan fingerprint density at radius 1 is 0.337 bits per heavy atom. The number of anilines is 7. The number of likely N-dealkylation sites (N-methyl/N-ethyl adjacent to an activating group) is 1. The number of hydrogen-bond acceptors (Lipinski definition) is 23. The van der Waals surface area contributed by atoms with Crippen LogP contribution in [0.1, 0.15) is 221 Å². The predicted molar refractivity (Wildman–Crippen MR) is 384 cm³/mol. The lowest BCUT2D eigenvalue weighted by molar-refractivity contribution is 0.159. The molecule has 0 unspecified atom stereocenters. The molecule has 0 aromatic carbocycles. The van der Waals surface area contributed by atoms with Crippen molar-refractivity contribution in [1.29, 1.82) is 0 Å². The van der Waals surface area contributed by atoms with E-state index in [0.717, 1.165) is 152 Å². The van der Waals surface area contributed by atoms with Gasteiger partial charge in [0, 0.05) is 147 Å². The van der Waals surface area contributed by atoms with E-state index in [-0.39, 0.29) is 55.4 Å². The third-order valence-electron chi connectivity index (χ3n) is 19.5. The van der Waals surface area contributed by atoms with E-state index in [1.807, 2.05) is 6.92 Å². The molecule has 3 aromatic rings. The van der Waals surface area contributed by atoms with Crippen LogP contribution in [0.3, 0.4) is 0 Å². The molecule has 5 aliphatic heterocycles. The molecule has 23 nitrogen and oxygen atoms in total. The van der Waals surface area contributed by atoms with Gasteiger partial charge in [-0.3, -0.25) is 0 Å². The molecule has 0 saturated carbocycles. The summed E-state index contributed by atoms with van der Waals surface area (Å²) in [6, 6.07) is 1.61. The van der Waals surface area contributed by atoms with Gasteiger partial charge in [-0.2, -0.15) is 34.9 Å². The van der Waals surface area contributed by atoms with Crippen molar-refractivity contribution in [1.82, 2.24) is 81.7 Å². The lowest BCUT2D eigenvalue weighted by atomic mass is 9.79. The highest BCUT2D eigenvalue weighted by molar-refractivity contribution is 5.48. The van der Waals surface area contributed by atoms with Crippen LogP contribution in [0, 0.1) is 6.92 Å². The van der Waals surface area contributed by atoms with Gasteiger partial charge < -0.3 is 71.9 Å². The molecule has 5 saturated heterocycles. The number of aromatic nitrogens is 9. The van der Waals surface area contributed by atoms with E-state index in [1.165, 1.54) is 0 Å². The van der Waals surface area contributed by atoms with Crippen molar-refractivity contribution in [2.24, 2.45) is 0 Å². The van der Waals surface area contributed by atoms with Crippen LogP contribution in [-0.2, 0) is 0 Å². The minimum absolute atomic E-state index is 0.00552. The highest BCUT2D eigenvalue weighted by atomic mass is 15.4. The molecule has 0 aliphatic carbocycles. The van der Waals surface area contributed by atoms with E-state index in [2.05, 4.69) is 268 Å². The van der Waals surface area contributed by atoms with E-state index in [9.17, 15) is 0 Å². The fraction of sp³-hybridized carbons (Fsp3) is 0.870. The highest BCUT2D eigenvalue weighted by Crippen LogP contribution is 2.39. The summed E-state index contributed by atoms with van der Waals surface area (Å²) < 4.78 is 0. The third-order valence-corrected chi connectivity index (χ3v) is 19.5. The van der Waals surface area contributed by atoms with Crippen LogP contribution in [0.2, 0.25) is 0 Å². The van der Waals surface area contributed by atoms with Gasteiger partial charge in [-0.15, -0.1) is 0 Å². The van der Waals surface area contributed by atoms with Crippen LogP contribution in [0.25, 0.3) is 0 Å². The molecule has 0 atom stereocenters. The fourth-order valence-electron chi connectivity index (χ4n) is 17.0. The Labute approximate surface area is 557 Å². The quantitative estimate of drug-likeness (QED) is 0.0415. The van der Waals surface area contributed by atoms with Crippen molar-refractivity contribution in [2.75, 3.05) is 117 Å². The number of nitrogens with one attached hydrogen (secondary N) is 8. The van der Waals surface area contributed by atoms with Gasteiger partial charge in [0.05, 0.1) is 0 Å². The molecule has 3 aromatic heterocycles. The average Bonchev–Trinajstić information content (AvgIpc) is 0.802. The zero-order valence-corrected chi connectivity index (χ0v) is 62.9. The number of hydrogen-bond donors (Lipinski definition) is 8. The van der Waals surface area contributed by atoms with Crippen molar-refractivity contribution in [3.8, 4) is 0 Å². The van der Waals surface area contributed by atoms with Gasteiger partial charge in [-0.1, -0.05) is 0 Å². The van der Waals surface area contributed by atoms with Crippen LogP contribution in [0.15, 0.2) is 6.33 Å². The second-order valence-corrected chi connectivity index (χ2v) is 35.3. The molecule has 8 N–H and O–H groups in total. The first-order valence-corrected chi connectivity index (χ1v) is 34.9. The molecule has 92 heavy (non-hydrogen) atoms. The summed E-state index contributed by atoms with van der Waals surface area (Å²) in [6.07, 6.45) is 13.7. The van der Waals surface area contributed by atoms with E-state index < -0.39 is 0 Å². The van der Waals surface area contributed by atoms with Gasteiger partial charge in [0.15, 0.2) is 0 Å². The summed E-state index contributed by atoms with van der Waals surface area (Å²) in [6.45, 7) is 53.0. The summed E-state index contributed by atoms with van der Waals surface area (Å²) in [5.74, 6) is 5.74. The summed E-state index contributed by atoms with van der Waals surface area (Å²) in [5.41, 5.74) is 0.301. The van der Waals surface area contributed by atoms with Crippen molar-refractivity contribution in [3.05, 3.63) is 12.2 Å². The van der Waals surface area contributed by atoms with E-state index >= 15 is 0 Å². The lowest BCUT2D eigenvalue weighted by Crippen LogP contribution is -2.62. The van der Waals surface area contributed by atoms with Gasteiger partial charge in [0.1, 0.15) is 12.2 Å². The van der Waals surface area contributed by atoms with E-state index in [4.69, 9.17) is 29.9 Å². The van der Waals surface area contributed by atoms with Crippen LogP contribution in [-0.4, -0.2) is 217 Å². The summed E-state index contributed by atoms with van der Waals surface area (Å²) in [4.78, 5) is 57.2. The van der Waals surface area contributed by atoms with Crippen molar-refractivity contribution in [3.63, 3.8) is 0 Å². The van der Waals surface area contributed by atoms with Crippen LogP contribution in [0.4, 0.5) is 41.6 Å². The summed E-state index contributed by atoms with van der Waals surface area (Å²) in [5, 5.41) is 30.0. The second kappa shape index (κ2) is 28.6. The Morgan fingerprint density at radius 2 is 0.609 bits per heavy atom. The molecule has 0 radical (unpaired) electrons. The number of piperidine rings is 5. The Hall–Kier alpha value is -4.65. The molecule has 0 spiro atoms. The van der Waals surface area contributed by atoms with Crippen molar-refractivity contribution in [2.45, 2.75) is 308 Å². The largest absolute Gasteiger partial charge is 0.354 e. The molecule has 522 valence electrons. The molecular formula is C69H131N23. The van der Waals surface area contributed by atoms with E-state index in [0.29, 0.717) is 42.1 Å². The van der Waals surface area contributed by atoms with Gasteiger partial charge in [-0.05, 0) is 243 Å². The van der Waals surface area contributed by atoms with Gasteiger partial charge in [0.2, 0.25) is 41.6 Å². The maximum Gasteiger partial charge on any atom is 0.231 e. The SMILES string of the molecule is CN(CCCNc1nc(N(C)C2CC(C)(C)NC(C)(C)C2)nc(N(C)C2CC(C)(C)NC(C)(C)C2)n1)CCNCCCNc1nc(N(C)C2CC(C)(C)NC(C)(C)C2)nc(N(C)C2CC(C)(C)NC(C)(C)C2)n1.Cc1ncnc(N(C)C2CC(C)(C)NC(C)(C)C2)n1. The van der Waals surface area contributed by atoms with E-state index in [1.54, 1.807) is 6.33 Å². The first-order chi connectivity index (χ1) is 42.2. The summed E-state index contributed by atoms with van der Waals surface area (Å²) in [7, 11) is 12.9. The van der Waals surface area contributed by atoms with Crippen LogP contribution >= 0.6 is 0 Å². The topological polar surface area (TPSA) is 232 Å². The molecule has 8 rings (SSSR count). The maximum absolute atomic E-state index is 5.19. The van der Waals surface area contributed by atoms with Gasteiger partial charge in [-0.25, -0.2) is 9.97 Å². The zero-order valence-electron chi connectivity index (χ0n) is 62.9.